The van der Waals surface area contributed by atoms with Crippen LogP contribution in [0.4, 0.5) is 0 Å². The van der Waals surface area contributed by atoms with Gasteiger partial charge in [-0.3, -0.25) is 0 Å². The molecule has 0 spiro atoms. The molecule has 102 valence electrons. The lowest BCUT2D eigenvalue weighted by atomic mass is 9.79. The maximum Gasteiger partial charge on any atom is 0.0425 e. The van der Waals surface area contributed by atoms with Gasteiger partial charge in [-0.2, -0.15) is 5.06 Å². The maximum atomic E-state index is 10.2. The van der Waals surface area contributed by atoms with Crippen molar-refractivity contribution in [2.24, 2.45) is 0 Å². The molecule has 0 aliphatic carbocycles. The lowest BCUT2D eigenvalue weighted by molar-refractivity contribution is -0.246. The molecule has 1 aliphatic heterocycles. The van der Waals surface area contributed by atoms with Crippen LogP contribution in [-0.2, 0) is 0 Å². The van der Waals surface area contributed by atoms with Gasteiger partial charge in [-0.05, 0) is 53.5 Å². The first-order valence-corrected chi connectivity index (χ1v) is 7.02. The SMILES string of the molecule is CCCCCNC1CC(C)(C)N(O)C(C)(C)C1. The van der Waals surface area contributed by atoms with E-state index in [1.807, 2.05) is 0 Å². The summed E-state index contributed by atoms with van der Waals surface area (Å²) in [6.45, 7) is 11.8. The van der Waals surface area contributed by atoms with Gasteiger partial charge in [-0.25, -0.2) is 0 Å². The molecule has 0 radical (unpaired) electrons. The van der Waals surface area contributed by atoms with E-state index in [9.17, 15) is 5.21 Å². The lowest BCUT2D eigenvalue weighted by Crippen LogP contribution is -2.62. The van der Waals surface area contributed by atoms with E-state index < -0.39 is 0 Å². The molecule has 17 heavy (non-hydrogen) atoms. The Bertz CT molecular complexity index is 220. The van der Waals surface area contributed by atoms with Gasteiger partial charge in [0.05, 0.1) is 0 Å². The third kappa shape index (κ3) is 3.94. The number of nitrogens with one attached hydrogen (secondary N) is 1. The van der Waals surface area contributed by atoms with Crippen molar-refractivity contribution in [3.63, 3.8) is 0 Å². The molecule has 2 N–H and O–H groups in total. The van der Waals surface area contributed by atoms with Gasteiger partial charge in [-0.15, -0.1) is 0 Å². The molecule has 0 atom stereocenters. The van der Waals surface area contributed by atoms with E-state index in [4.69, 9.17) is 0 Å². The average Bonchev–Trinajstić information content (AvgIpc) is 2.20. The van der Waals surface area contributed by atoms with Crippen LogP contribution in [0.25, 0.3) is 0 Å². The highest BCUT2D eigenvalue weighted by Gasteiger charge is 2.44. The van der Waals surface area contributed by atoms with Crippen LogP contribution in [0, 0.1) is 0 Å². The Kier molecular flexibility index (Phi) is 4.99. The second kappa shape index (κ2) is 5.68. The van der Waals surface area contributed by atoms with Crippen LogP contribution < -0.4 is 5.32 Å². The summed E-state index contributed by atoms with van der Waals surface area (Å²) in [6, 6.07) is 0.528. The number of rotatable bonds is 5. The standard InChI is InChI=1S/C14H30N2O/c1-6-7-8-9-15-12-10-13(2,3)16(17)14(4,5)11-12/h12,15,17H,6-11H2,1-5H3. The highest BCUT2D eigenvalue weighted by Crippen LogP contribution is 2.36. The Morgan fingerprint density at radius 2 is 1.65 bits per heavy atom. The number of hydrogen-bond donors (Lipinski definition) is 2. The summed E-state index contributed by atoms with van der Waals surface area (Å²) >= 11 is 0. The predicted octanol–water partition coefficient (Wildman–Crippen LogP) is 3.18. The van der Waals surface area contributed by atoms with Gasteiger partial charge in [0.1, 0.15) is 0 Å². The van der Waals surface area contributed by atoms with Gasteiger partial charge in [0.15, 0.2) is 0 Å². The van der Waals surface area contributed by atoms with Gasteiger partial charge in [0.2, 0.25) is 0 Å². The summed E-state index contributed by atoms with van der Waals surface area (Å²) < 4.78 is 0. The molecule has 0 aromatic heterocycles. The summed E-state index contributed by atoms with van der Waals surface area (Å²) in [6.07, 6.45) is 5.86. The maximum absolute atomic E-state index is 10.2. The molecule has 1 rings (SSSR count). The zero-order chi connectivity index (χ0) is 13.1. The summed E-state index contributed by atoms with van der Waals surface area (Å²) in [5.74, 6) is 0. The van der Waals surface area contributed by atoms with Gasteiger partial charge >= 0.3 is 0 Å². The fraction of sp³-hybridized carbons (Fsp3) is 1.00. The van der Waals surface area contributed by atoms with Crippen molar-refractivity contribution in [1.29, 1.82) is 0 Å². The van der Waals surface area contributed by atoms with Crippen LogP contribution in [0.3, 0.4) is 0 Å². The molecule has 3 nitrogen and oxygen atoms in total. The Balaban J connectivity index is 2.48. The van der Waals surface area contributed by atoms with E-state index in [0.717, 1.165) is 19.4 Å². The number of hydrogen-bond acceptors (Lipinski definition) is 3. The molecule has 1 saturated heterocycles. The van der Waals surface area contributed by atoms with Crippen molar-refractivity contribution in [3.05, 3.63) is 0 Å². The largest absolute Gasteiger partial charge is 0.314 e. The van der Waals surface area contributed by atoms with E-state index in [-0.39, 0.29) is 11.1 Å². The molecule has 1 fully saturated rings. The molecule has 1 heterocycles. The zero-order valence-corrected chi connectivity index (χ0v) is 12.2. The molecular weight excluding hydrogens is 212 g/mol. The third-order valence-electron chi connectivity index (χ3n) is 3.85. The first-order chi connectivity index (χ1) is 7.79. The van der Waals surface area contributed by atoms with Crippen LogP contribution in [0.5, 0.6) is 0 Å². The Morgan fingerprint density at radius 1 is 1.12 bits per heavy atom. The molecule has 0 saturated carbocycles. The van der Waals surface area contributed by atoms with Crippen LogP contribution in [0.15, 0.2) is 0 Å². The monoisotopic (exact) mass is 242 g/mol. The Labute approximate surface area is 107 Å². The van der Waals surface area contributed by atoms with Crippen LogP contribution >= 0.6 is 0 Å². The molecule has 0 unspecified atom stereocenters. The van der Waals surface area contributed by atoms with Gasteiger partial charge < -0.3 is 10.5 Å². The van der Waals surface area contributed by atoms with E-state index in [2.05, 4.69) is 39.9 Å². The van der Waals surface area contributed by atoms with Crippen LogP contribution in [0.1, 0.15) is 66.7 Å². The normalized spacial score (nSPS) is 25.1. The quantitative estimate of drug-likeness (QED) is 0.727. The minimum Gasteiger partial charge on any atom is -0.314 e. The highest BCUT2D eigenvalue weighted by molar-refractivity contribution is 4.98. The number of hydroxylamine groups is 2. The smallest absolute Gasteiger partial charge is 0.0425 e. The second-order valence-corrected chi connectivity index (χ2v) is 6.70. The zero-order valence-electron chi connectivity index (χ0n) is 12.2. The summed E-state index contributed by atoms with van der Waals surface area (Å²) in [5, 5.41) is 15.4. The summed E-state index contributed by atoms with van der Waals surface area (Å²) in [5.41, 5.74) is -0.269. The third-order valence-corrected chi connectivity index (χ3v) is 3.85. The van der Waals surface area contributed by atoms with E-state index >= 15 is 0 Å². The van der Waals surface area contributed by atoms with Gasteiger partial charge in [-0.1, -0.05) is 19.8 Å². The van der Waals surface area contributed by atoms with Crippen molar-refractivity contribution in [2.75, 3.05) is 6.54 Å². The number of piperidine rings is 1. The van der Waals surface area contributed by atoms with Crippen molar-refractivity contribution in [1.82, 2.24) is 10.4 Å². The first-order valence-electron chi connectivity index (χ1n) is 7.02. The molecule has 0 bridgehead atoms. The van der Waals surface area contributed by atoms with Gasteiger partial charge in [0.25, 0.3) is 0 Å². The van der Waals surface area contributed by atoms with Crippen LogP contribution in [0.2, 0.25) is 0 Å². The molecule has 0 aromatic carbocycles. The first kappa shape index (κ1) is 14.9. The summed E-state index contributed by atoms with van der Waals surface area (Å²) in [4.78, 5) is 0. The topological polar surface area (TPSA) is 35.5 Å². The fourth-order valence-corrected chi connectivity index (χ4v) is 3.10. The molecule has 0 aromatic rings. The van der Waals surface area contributed by atoms with E-state index in [0.29, 0.717) is 6.04 Å². The average molecular weight is 242 g/mol. The summed E-state index contributed by atoms with van der Waals surface area (Å²) in [7, 11) is 0. The second-order valence-electron chi connectivity index (χ2n) is 6.70. The van der Waals surface area contributed by atoms with Crippen molar-refractivity contribution in [3.8, 4) is 0 Å². The van der Waals surface area contributed by atoms with Gasteiger partial charge in [0, 0.05) is 17.1 Å². The van der Waals surface area contributed by atoms with Crippen molar-refractivity contribution < 1.29 is 5.21 Å². The highest BCUT2D eigenvalue weighted by atomic mass is 16.5. The van der Waals surface area contributed by atoms with E-state index in [1.54, 1.807) is 5.06 Å². The molecule has 3 heteroatoms. The Morgan fingerprint density at radius 3 is 2.12 bits per heavy atom. The molecule has 0 amide bonds. The van der Waals surface area contributed by atoms with Crippen molar-refractivity contribution >= 4 is 0 Å². The fourth-order valence-electron chi connectivity index (χ4n) is 3.10. The number of nitrogens with zero attached hydrogens (tertiary/aromatic N) is 1. The molecule has 1 aliphatic rings. The Hall–Kier alpha value is -0.120. The predicted molar refractivity (Wildman–Crippen MR) is 72.3 cm³/mol. The number of unbranched alkanes of at least 4 members (excludes halogenated alkanes) is 2. The minimum absolute atomic E-state index is 0.135. The minimum atomic E-state index is -0.135. The molecular formula is C14H30N2O. The van der Waals surface area contributed by atoms with E-state index in [1.165, 1.54) is 19.3 Å². The van der Waals surface area contributed by atoms with Crippen LogP contribution in [-0.4, -0.2) is 33.9 Å². The van der Waals surface area contributed by atoms with Crippen molar-refractivity contribution in [2.45, 2.75) is 83.8 Å². The lowest BCUT2D eigenvalue weighted by Gasteiger charge is -2.51.